The normalized spacial score (nSPS) is 13.6. The number of hydrogen-bond donors (Lipinski definition) is 2. The first-order chi connectivity index (χ1) is 23.4. The lowest BCUT2D eigenvalue weighted by atomic mass is 10.1. The molecule has 0 spiro atoms. The molecule has 0 aliphatic carbocycles. The van der Waals surface area contributed by atoms with Gasteiger partial charge in [-0.3, -0.25) is 19.4 Å². The van der Waals surface area contributed by atoms with Crippen LogP contribution in [0.5, 0.6) is 5.75 Å². The van der Waals surface area contributed by atoms with Gasteiger partial charge in [0.25, 0.3) is 5.91 Å². The minimum absolute atomic E-state index is 0.0109. The van der Waals surface area contributed by atoms with E-state index in [1.165, 1.54) is 15.9 Å². The number of aryl methyl sites for hydroxylation is 1. The first-order valence-electron chi connectivity index (χ1n) is 15.1. The van der Waals surface area contributed by atoms with E-state index in [9.17, 15) is 32.7 Å². The predicted molar refractivity (Wildman–Crippen MR) is 174 cm³/mol. The number of nitrogens with one attached hydrogen (secondary N) is 1. The Kier molecular flexibility index (Phi) is 8.98. The number of piperazine rings is 1. The van der Waals surface area contributed by atoms with Crippen LogP contribution in [0.25, 0.3) is 16.7 Å². The molecule has 5 aromatic rings. The van der Waals surface area contributed by atoms with Crippen LogP contribution in [-0.4, -0.2) is 77.3 Å². The molecule has 0 unspecified atom stereocenters. The Balaban J connectivity index is 1.36. The van der Waals surface area contributed by atoms with Crippen LogP contribution in [0.15, 0.2) is 60.0 Å². The van der Waals surface area contributed by atoms with Gasteiger partial charge in [-0.2, -0.15) is 13.2 Å². The summed E-state index contributed by atoms with van der Waals surface area (Å²) in [5, 5.41) is 17.5. The molecule has 5 heterocycles. The topological polar surface area (TPSA) is 151 Å². The molecule has 13 nitrogen and oxygen atoms in total. The Morgan fingerprint density at radius 1 is 1.06 bits per heavy atom. The number of fused-ring (bicyclic) bond motifs is 1. The SMILES string of the molecule is CCc1c(N2CCN(C(=O)c3ncnc(C)c3O)CC2)c(=O)c2cn(-c3ccncc3)nc2n1CC(=O)Nc1ccc(C(F)(F)F)cc1Cl. The summed E-state index contributed by atoms with van der Waals surface area (Å²) >= 11 is 6.11. The highest BCUT2D eigenvalue weighted by atomic mass is 35.5. The largest absolute Gasteiger partial charge is 0.504 e. The quantitative estimate of drug-likeness (QED) is 0.255. The van der Waals surface area contributed by atoms with Crippen molar-refractivity contribution in [1.29, 1.82) is 0 Å². The van der Waals surface area contributed by atoms with Gasteiger partial charge in [0.15, 0.2) is 17.1 Å². The van der Waals surface area contributed by atoms with Gasteiger partial charge < -0.3 is 24.8 Å². The number of aromatic hydroxyl groups is 1. The number of rotatable bonds is 7. The van der Waals surface area contributed by atoms with Crippen molar-refractivity contribution in [2.24, 2.45) is 0 Å². The molecule has 6 rings (SSSR count). The lowest BCUT2D eigenvalue weighted by Gasteiger charge is -2.37. The molecule has 2 amide bonds. The summed E-state index contributed by atoms with van der Waals surface area (Å²) in [6.45, 7) is 3.99. The Morgan fingerprint density at radius 2 is 1.78 bits per heavy atom. The molecule has 0 bridgehead atoms. The number of hydrogen-bond acceptors (Lipinski definition) is 9. The summed E-state index contributed by atoms with van der Waals surface area (Å²) in [5.74, 6) is -1.37. The molecule has 0 saturated carbocycles. The number of pyridine rings is 2. The van der Waals surface area contributed by atoms with Crippen LogP contribution < -0.4 is 15.6 Å². The van der Waals surface area contributed by atoms with Gasteiger partial charge in [0.1, 0.15) is 18.6 Å². The molecule has 254 valence electrons. The monoisotopic (exact) mass is 695 g/mol. The van der Waals surface area contributed by atoms with Crippen molar-refractivity contribution in [3.05, 3.63) is 93.1 Å². The highest BCUT2D eigenvalue weighted by Gasteiger charge is 2.32. The third kappa shape index (κ3) is 6.50. The van der Waals surface area contributed by atoms with Crippen molar-refractivity contribution in [1.82, 2.24) is 34.2 Å². The van der Waals surface area contributed by atoms with E-state index in [2.05, 4.69) is 25.4 Å². The van der Waals surface area contributed by atoms with E-state index in [4.69, 9.17) is 11.6 Å². The number of anilines is 2. The van der Waals surface area contributed by atoms with Crippen molar-refractivity contribution in [3.8, 4) is 11.4 Å². The maximum absolute atomic E-state index is 14.2. The number of alkyl halides is 3. The number of carbonyl (C=O) groups is 2. The van der Waals surface area contributed by atoms with Crippen molar-refractivity contribution in [2.45, 2.75) is 33.0 Å². The maximum Gasteiger partial charge on any atom is 0.416 e. The minimum Gasteiger partial charge on any atom is -0.504 e. The van der Waals surface area contributed by atoms with E-state index in [0.29, 0.717) is 23.5 Å². The van der Waals surface area contributed by atoms with Gasteiger partial charge in [-0.05, 0) is 43.7 Å². The summed E-state index contributed by atoms with van der Waals surface area (Å²) in [5.41, 5.74) is 0.543. The fourth-order valence-electron chi connectivity index (χ4n) is 5.75. The van der Waals surface area contributed by atoms with Crippen molar-refractivity contribution < 1.29 is 27.9 Å². The summed E-state index contributed by atoms with van der Waals surface area (Å²) in [7, 11) is 0. The summed E-state index contributed by atoms with van der Waals surface area (Å²) in [6, 6.07) is 6.04. The van der Waals surface area contributed by atoms with Gasteiger partial charge in [0, 0.05) is 50.5 Å². The highest BCUT2D eigenvalue weighted by Crippen LogP contribution is 2.34. The zero-order valence-electron chi connectivity index (χ0n) is 26.2. The van der Waals surface area contributed by atoms with Gasteiger partial charge in [-0.1, -0.05) is 18.5 Å². The first kappa shape index (κ1) is 33.4. The summed E-state index contributed by atoms with van der Waals surface area (Å²) in [4.78, 5) is 56.1. The molecule has 17 heteroatoms. The molecule has 4 aromatic heterocycles. The third-order valence-corrected chi connectivity index (χ3v) is 8.55. The van der Waals surface area contributed by atoms with Crippen molar-refractivity contribution in [3.63, 3.8) is 0 Å². The molecule has 49 heavy (non-hydrogen) atoms. The van der Waals surface area contributed by atoms with Gasteiger partial charge in [-0.25, -0.2) is 14.6 Å². The Labute approximate surface area is 281 Å². The zero-order valence-corrected chi connectivity index (χ0v) is 27.0. The van der Waals surface area contributed by atoms with E-state index in [1.807, 2.05) is 11.8 Å². The van der Waals surface area contributed by atoms with Gasteiger partial charge >= 0.3 is 6.18 Å². The molecule has 1 aliphatic rings. The summed E-state index contributed by atoms with van der Waals surface area (Å²) in [6.07, 6.45) is 1.62. The van der Waals surface area contributed by atoms with Gasteiger partial charge in [0.2, 0.25) is 11.3 Å². The fourth-order valence-corrected chi connectivity index (χ4v) is 5.98. The Bertz CT molecular complexity index is 2130. The smallest absolute Gasteiger partial charge is 0.416 e. The molecule has 2 N–H and O–H groups in total. The highest BCUT2D eigenvalue weighted by molar-refractivity contribution is 6.33. The molecular weight excluding hydrogens is 667 g/mol. The molecule has 1 saturated heterocycles. The number of nitrogens with zero attached hydrogens (tertiary/aromatic N) is 8. The van der Waals surface area contributed by atoms with E-state index < -0.39 is 23.6 Å². The number of aromatic nitrogens is 6. The maximum atomic E-state index is 14.2. The van der Waals surface area contributed by atoms with Crippen molar-refractivity contribution >= 4 is 45.8 Å². The second kappa shape index (κ2) is 13.2. The number of amides is 2. The molecule has 1 aliphatic heterocycles. The Morgan fingerprint density at radius 3 is 2.43 bits per heavy atom. The standard InChI is InChI=1S/C32H29ClF3N9O4/c1-3-24-27(42-10-12-43(13-11-42)31(49)26-28(47)18(2)38-17-39-26)29(48)21-15-45(20-6-8-37-9-7-20)41-30(21)44(24)16-25(46)40-23-5-4-19(14-22(23)33)32(34,35)36/h4-9,14-15,17,47H,3,10-13,16H2,1-2H3,(H,40,46). The van der Waals surface area contributed by atoms with Crippen molar-refractivity contribution in [2.75, 3.05) is 36.4 Å². The van der Waals surface area contributed by atoms with Crippen LogP contribution in [0.2, 0.25) is 5.02 Å². The number of benzene rings is 1. The second-order valence-electron chi connectivity index (χ2n) is 11.3. The van der Waals surface area contributed by atoms with Crippen LogP contribution in [0.3, 0.4) is 0 Å². The van der Waals surface area contributed by atoms with Gasteiger partial charge in [0.05, 0.1) is 33.0 Å². The van der Waals surface area contributed by atoms with E-state index >= 15 is 0 Å². The van der Waals surface area contributed by atoms with E-state index in [1.54, 1.807) is 42.2 Å². The average molecular weight is 696 g/mol. The third-order valence-electron chi connectivity index (χ3n) is 8.23. The zero-order chi connectivity index (χ0) is 35.0. The first-order valence-corrected chi connectivity index (χ1v) is 15.5. The Hall–Kier alpha value is -5.51. The van der Waals surface area contributed by atoms with E-state index in [-0.39, 0.29) is 77.0 Å². The van der Waals surface area contributed by atoms with Gasteiger partial charge in [-0.15, -0.1) is 5.10 Å². The molecule has 0 radical (unpaired) electrons. The van der Waals surface area contributed by atoms with E-state index in [0.717, 1.165) is 18.2 Å². The number of halogens is 4. The summed E-state index contributed by atoms with van der Waals surface area (Å²) < 4.78 is 42.6. The predicted octanol–water partition coefficient (Wildman–Crippen LogP) is 4.22. The van der Waals surface area contributed by atoms with Crippen LogP contribution in [0, 0.1) is 6.92 Å². The second-order valence-corrected chi connectivity index (χ2v) is 11.7. The lowest BCUT2D eigenvalue weighted by molar-refractivity contribution is -0.137. The van der Waals surface area contributed by atoms with Crippen LogP contribution >= 0.6 is 11.6 Å². The fraction of sp³-hybridized carbons (Fsp3) is 0.281. The molecule has 1 aromatic carbocycles. The van der Waals surface area contributed by atoms with Crippen LogP contribution in [0.1, 0.15) is 34.4 Å². The minimum atomic E-state index is -4.61. The molecule has 0 atom stereocenters. The number of carbonyl (C=O) groups excluding carboxylic acids is 2. The molecular formula is C32H29ClF3N9O4. The molecule has 1 fully saturated rings. The average Bonchev–Trinajstić information content (AvgIpc) is 3.54. The van der Waals surface area contributed by atoms with Crippen LogP contribution in [-0.2, 0) is 23.9 Å². The van der Waals surface area contributed by atoms with Crippen LogP contribution in [0.4, 0.5) is 24.5 Å². The lowest BCUT2D eigenvalue weighted by Crippen LogP contribution is -2.50.